The van der Waals surface area contributed by atoms with Gasteiger partial charge in [0.25, 0.3) is 5.91 Å². The Morgan fingerprint density at radius 3 is 2.82 bits per heavy atom. The highest BCUT2D eigenvalue weighted by molar-refractivity contribution is 6.14. The van der Waals surface area contributed by atoms with Gasteiger partial charge in [0.2, 0.25) is 0 Å². The number of hydrogen-bond donors (Lipinski definition) is 3. The van der Waals surface area contributed by atoms with Crippen LogP contribution in [0.25, 0.3) is 11.7 Å². The Kier molecular flexibility index (Phi) is 4.40. The van der Waals surface area contributed by atoms with Crippen molar-refractivity contribution >= 4 is 35.2 Å². The second-order valence-corrected chi connectivity index (χ2v) is 6.47. The van der Waals surface area contributed by atoms with Crippen molar-refractivity contribution in [2.45, 2.75) is 20.0 Å². The van der Waals surface area contributed by atoms with Gasteiger partial charge in [0.05, 0.1) is 12.3 Å². The number of fused-ring (bicyclic) bond motifs is 1. The molecule has 3 N–H and O–H groups in total. The summed E-state index contributed by atoms with van der Waals surface area (Å²) in [5.74, 6) is 0.883. The summed E-state index contributed by atoms with van der Waals surface area (Å²) < 4.78 is 7.30. The molecule has 3 aromatic rings. The molecule has 1 aliphatic heterocycles. The maximum Gasteiger partial charge on any atom is 0.326 e. The molecule has 9 nitrogen and oxygen atoms in total. The maximum absolute atomic E-state index is 11.7. The van der Waals surface area contributed by atoms with Crippen LogP contribution in [-0.2, 0) is 4.79 Å². The number of ether oxygens (including phenoxy) is 1. The Morgan fingerprint density at radius 1 is 1.21 bits per heavy atom. The topological polar surface area (TPSA) is 110 Å². The molecule has 28 heavy (non-hydrogen) atoms. The first-order chi connectivity index (χ1) is 13.5. The number of aromatic nitrogens is 3. The molecular weight excluding hydrogens is 360 g/mol. The fourth-order valence-electron chi connectivity index (χ4n) is 2.76. The number of carbonyl (C=O) groups excluding carboxylic acids is 2. The molecule has 0 radical (unpaired) electrons. The summed E-state index contributed by atoms with van der Waals surface area (Å²) >= 11 is 0. The molecule has 0 unspecified atom stereocenters. The highest BCUT2D eigenvalue weighted by atomic mass is 16.5. The first-order valence-electron chi connectivity index (χ1n) is 8.70. The van der Waals surface area contributed by atoms with Crippen molar-refractivity contribution < 1.29 is 14.3 Å². The number of amides is 3. The number of rotatable bonds is 5. The summed E-state index contributed by atoms with van der Waals surface area (Å²) in [6.45, 7) is 3.94. The van der Waals surface area contributed by atoms with Gasteiger partial charge < -0.3 is 15.4 Å². The number of urea groups is 1. The van der Waals surface area contributed by atoms with E-state index in [0.717, 1.165) is 11.4 Å². The lowest BCUT2D eigenvalue weighted by molar-refractivity contribution is -0.115. The molecule has 1 aliphatic rings. The van der Waals surface area contributed by atoms with Gasteiger partial charge in [0, 0.05) is 23.5 Å². The van der Waals surface area contributed by atoms with Crippen molar-refractivity contribution in [3.8, 4) is 5.75 Å². The van der Waals surface area contributed by atoms with Gasteiger partial charge >= 0.3 is 6.03 Å². The average Bonchev–Trinajstić information content (AvgIpc) is 3.17. The zero-order valence-corrected chi connectivity index (χ0v) is 15.3. The molecule has 4 rings (SSSR count). The number of benzene rings is 1. The Bertz CT molecular complexity index is 1100. The molecular formula is C19H18N6O3. The Morgan fingerprint density at radius 2 is 2.07 bits per heavy atom. The van der Waals surface area contributed by atoms with Crippen LogP contribution in [0.15, 0.2) is 48.4 Å². The van der Waals surface area contributed by atoms with Crippen LogP contribution < -0.4 is 20.7 Å². The molecule has 1 aromatic carbocycles. The predicted molar refractivity (Wildman–Crippen MR) is 103 cm³/mol. The summed E-state index contributed by atoms with van der Waals surface area (Å²) in [5, 5.41) is 12.1. The Balaban J connectivity index is 1.62. The van der Waals surface area contributed by atoms with Gasteiger partial charge in [-0.3, -0.25) is 10.1 Å². The lowest BCUT2D eigenvalue weighted by Crippen LogP contribution is -2.22. The van der Waals surface area contributed by atoms with Crippen LogP contribution in [0.3, 0.4) is 0 Å². The Hall–Kier alpha value is -3.88. The highest BCUT2D eigenvalue weighted by Crippen LogP contribution is 2.22. The van der Waals surface area contributed by atoms with Crippen molar-refractivity contribution in [3.63, 3.8) is 0 Å². The molecule has 0 atom stereocenters. The number of imide groups is 1. The second kappa shape index (κ2) is 7.03. The van der Waals surface area contributed by atoms with Gasteiger partial charge in [0.15, 0.2) is 5.65 Å². The van der Waals surface area contributed by atoms with E-state index in [1.165, 1.54) is 6.08 Å². The standard InChI is InChI=1S/C19H18N6O3/c1-11(2)28-14-5-3-4-13(9-14)21-16-6-7-25-17(23-16)12(10-20-25)8-15-18(26)24-19(27)22-15/h3-11H,1-2H3,(H,21,23)(H2,22,24,26,27). The van der Waals surface area contributed by atoms with E-state index >= 15 is 0 Å². The van der Waals surface area contributed by atoms with Crippen molar-refractivity contribution in [3.05, 3.63) is 54.0 Å². The van der Waals surface area contributed by atoms with Crippen LogP contribution in [0.5, 0.6) is 5.75 Å². The lowest BCUT2D eigenvalue weighted by atomic mass is 10.2. The molecule has 0 saturated carbocycles. The van der Waals surface area contributed by atoms with E-state index in [-0.39, 0.29) is 11.8 Å². The van der Waals surface area contributed by atoms with E-state index < -0.39 is 11.9 Å². The number of anilines is 2. The molecule has 3 heterocycles. The molecule has 3 amide bonds. The molecule has 2 aromatic heterocycles. The third-order valence-electron chi connectivity index (χ3n) is 3.89. The Labute approximate surface area is 160 Å². The zero-order chi connectivity index (χ0) is 19.7. The number of nitrogens with zero attached hydrogens (tertiary/aromatic N) is 3. The van der Waals surface area contributed by atoms with Crippen LogP contribution in [0.4, 0.5) is 16.3 Å². The molecule has 0 aliphatic carbocycles. The zero-order valence-electron chi connectivity index (χ0n) is 15.3. The first kappa shape index (κ1) is 17.5. The number of hydrogen-bond acceptors (Lipinski definition) is 6. The van der Waals surface area contributed by atoms with Crippen LogP contribution >= 0.6 is 0 Å². The molecule has 1 fully saturated rings. The van der Waals surface area contributed by atoms with E-state index in [1.807, 2.05) is 38.1 Å². The minimum atomic E-state index is -0.550. The lowest BCUT2D eigenvalue weighted by Gasteiger charge is -2.12. The summed E-state index contributed by atoms with van der Waals surface area (Å²) in [7, 11) is 0. The van der Waals surface area contributed by atoms with Gasteiger partial charge in [0.1, 0.15) is 17.3 Å². The van der Waals surface area contributed by atoms with Crippen molar-refractivity contribution in [2.75, 3.05) is 5.32 Å². The van der Waals surface area contributed by atoms with Crippen molar-refractivity contribution in [2.24, 2.45) is 0 Å². The third-order valence-corrected chi connectivity index (χ3v) is 3.89. The van der Waals surface area contributed by atoms with Crippen molar-refractivity contribution in [1.82, 2.24) is 25.2 Å². The minimum absolute atomic E-state index is 0.0837. The molecule has 0 bridgehead atoms. The highest BCUT2D eigenvalue weighted by Gasteiger charge is 2.23. The fourth-order valence-corrected chi connectivity index (χ4v) is 2.76. The molecule has 0 spiro atoms. The van der Waals surface area contributed by atoms with E-state index in [4.69, 9.17) is 4.74 Å². The third kappa shape index (κ3) is 3.63. The maximum atomic E-state index is 11.7. The largest absolute Gasteiger partial charge is 0.491 e. The minimum Gasteiger partial charge on any atom is -0.491 e. The van der Waals surface area contributed by atoms with Crippen molar-refractivity contribution in [1.29, 1.82) is 0 Å². The summed E-state index contributed by atoms with van der Waals surface area (Å²) in [4.78, 5) is 27.6. The molecule has 142 valence electrons. The van der Waals surface area contributed by atoms with Crippen LogP contribution in [0.1, 0.15) is 19.4 Å². The van der Waals surface area contributed by atoms with E-state index in [0.29, 0.717) is 17.0 Å². The van der Waals surface area contributed by atoms with Crippen LogP contribution in [0.2, 0.25) is 0 Å². The quantitative estimate of drug-likeness (QED) is 0.465. The second-order valence-electron chi connectivity index (χ2n) is 6.47. The van der Waals surface area contributed by atoms with Gasteiger partial charge in [-0.1, -0.05) is 6.07 Å². The van der Waals surface area contributed by atoms with Gasteiger partial charge in [-0.2, -0.15) is 5.10 Å². The van der Waals surface area contributed by atoms with Gasteiger partial charge in [-0.05, 0) is 38.1 Å². The summed E-state index contributed by atoms with van der Waals surface area (Å²) in [5.41, 5.74) is 2.13. The van der Waals surface area contributed by atoms with E-state index in [1.54, 1.807) is 23.0 Å². The smallest absolute Gasteiger partial charge is 0.326 e. The summed E-state index contributed by atoms with van der Waals surface area (Å²) in [6, 6.07) is 8.84. The SMILES string of the molecule is CC(C)Oc1cccc(Nc2ccn3ncc(C=C4NC(=O)NC4=O)c3n2)c1. The summed E-state index contributed by atoms with van der Waals surface area (Å²) in [6.07, 6.45) is 4.96. The fraction of sp³-hybridized carbons (Fsp3) is 0.158. The van der Waals surface area contributed by atoms with E-state index in [9.17, 15) is 9.59 Å². The van der Waals surface area contributed by atoms with Crippen LogP contribution in [-0.4, -0.2) is 32.6 Å². The van der Waals surface area contributed by atoms with Crippen LogP contribution in [0, 0.1) is 0 Å². The predicted octanol–water partition coefficient (Wildman–Crippen LogP) is 2.44. The first-order valence-corrected chi connectivity index (χ1v) is 8.70. The average molecular weight is 378 g/mol. The normalized spacial score (nSPS) is 15.2. The molecule has 1 saturated heterocycles. The van der Waals surface area contributed by atoms with E-state index in [2.05, 4.69) is 26.0 Å². The number of carbonyl (C=O) groups is 2. The van der Waals surface area contributed by atoms with Gasteiger partial charge in [-0.25, -0.2) is 14.3 Å². The monoisotopic (exact) mass is 378 g/mol. The van der Waals surface area contributed by atoms with Gasteiger partial charge in [-0.15, -0.1) is 0 Å². The number of nitrogens with one attached hydrogen (secondary N) is 3. The molecule has 9 heteroatoms.